The van der Waals surface area contributed by atoms with Crippen LogP contribution in [0, 0.1) is 6.92 Å². The van der Waals surface area contributed by atoms with E-state index in [-0.39, 0.29) is 10.3 Å². The van der Waals surface area contributed by atoms with Crippen molar-refractivity contribution in [3.8, 4) is 5.88 Å². The van der Waals surface area contributed by atoms with E-state index in [2.05, 4.69) is 15.0 Å². The van der Waals surface area contributed by atoms with E-state index < -0.39 is 10.0 Å². The number of rotatable bonds is 5. The molecule has 0 saturated carbocycles. The summed E-state index contributed by atoms with van der Waals surface area (Å²) in [5, 5.41) is 4.04. The monoisotopic (exact) mass is 403 g/mol. The number of hydrogen-bond acceptors (Lipinski definition) is 6. The van der Waals surface area contributed by atoms with Crippen LogP contribution in [0.4, 0.5) is 5.69 Å². The summed E-state index contributed by atoms with van der Waals surface area (Å²) in [7, 11) is -3.66. The number of hydrogen-bond donors (Lipinski definition) is 2. The maximum absolute atomic E-state index is 12.8. The van der Waals surface area contributed by atoms with Crippen LogP contribution >= 0.6 is 11.3 Å². The number of pyridine rings is 1. The number of ether oxygens (including phenoxy) is 1. The van der Waals surface area contributed by atoms with Crippen molar-refractivity contribution in [2.24, 2.45) is 0 Å². The van der Waals surface area contributed by atoms with Crippen molar-refractivity contribution in [2.45, 2.75) is 30.1 Å². The Balaban J connectivity index is 1.62. The van der Waals surface area contributed by atoms with Crippen LogP contribution in [-0.4, -0.2) is 32.6 Å². The highest BCUT2D eigenvalue weighted by molar-refractivity contribution is 7.94. The van der Waals surface area contributed by atoms with Crippen molar-refractivity contribution in [3.63, 3.8) is 0 Å². The van der Waals surface area contributed by atoms with E-state index >= 15 is 0 Å². The van der Waals surface area contributed by atoms with Gasteiger partial charge in [-0.1, -0.05) is 17.7 Å². The molecule has 1 aromatic carbocycles. The minimum atomic E-state index is -3.66. The van der Waals surface area contributed by atoms with Gasteiger partial charge in [-0.3, -0.25) is 4.72 Å². The van der Waals surface area contributed by atoms with Crippen molar-refractivity contribution in [1.29, 1.82) is 0 Å². The lowest BCUT2D eigenvalue weighted by Crippen LogP contribution is -2.34. The number of sulfonamides is 1. The standard InChI is InChI=1S/C19H21N3O3S2/c1-13-2-4-14(5-3-13)22-27(23,24)18-12-16-17(26-18)8-11-21-19(16)25-15-6-9-20-10-7-15/h2-5,8,11-12,15,20,22H,6-7,9-10H2,1H3. The van der Waals surface area contributed by atoms with Gasteiger partial charge in [-0.05, 0) is 57.1 Å². The molecule has 1 saturated heterocycles. The van der Waals surface area contributed by atoms with Crippen LogP contribution in [0.15, 0.2) is 46.8 Å². The SMILES string of the molecule is Cc1ccc(NS(=O)(=O)c2cc3c(OC4CCNCC4)nccc3s2)cc1. The average Bonchev–Trinajstić information content (AvgIpc) is 3.11. The van der Waals surface area contributed by atoms with Crippen molar-refractivity contribution in [1.82, 2.24) is 10.3 Å². The molecule has 0 spiro atoms. The third-order valence-corrected chi connectivity index (χ3v) is 7.47. The number of thiophene rings is 1. The first-order chi connectivity index (χ1) is 13.0. The number of nitrogens with zero attached hydrogens (tertiary/aromatic N) is 1. The molecule has 0 atom stereocenters. The molecule has 0 bridgehead atoms. The van der Waals surface area contributed by atoms with Gasteiger partial charge in [0.05, 0.1) is 5.39 Å². The molecule has 1 fully saturated rings. The summed E-state index contributed by atoms with van der Waals surface area (Å²) in [6, 6.07) is 10.7. The highest BCUT2D eigenvalue weighted by Crippen LogP contribution is 2.35. The molecule has 6 nitrogen and oxygen atoms in total. The van der Waals surface area contributed by atoms with Crippen LogP contribution in [0.1, 0.15) is 18.4 Å². The second-order valence-electron chi connectivity index (χ2n) is 6.63. The van der Waals surface area contributed by atoms with E-state index in [4.69, 9.17) is 4.74 Å². The summed E-state index contributed by atoms with van der Waals surface area (Å²) >= 11 is 1.22. The molecule has 0 aliphatic carbocycles. The van der Waals surface area contributed by atoms with E-state index in [1.807, 2.05) is 25.1 Å². The van der Waals surface area contributed by atoms with Crippen LogP contribution in [0.3, 0.4) is 0 Å². The summed E-state index contributed by atoms with van der Waals surface area (Å²) in [6.45, 7) is 3.80. The van der Waals surface area contributed by atoms with Crippen molar-refractivity contribution in [2.75, 3.05) is 17.8 Å². The Morgan fingerprint density at radius 2 is 1.93 bits per heavy atom. The first-order valence-corrected chi connectivity index (χ1v) is 11.2. The zero-order valence-electron chi connectivity index (χ0n) is 14.9. The van der Waals surface area contributed by atoms with Crippen LogP contribution < -0.4 is 14.8 Å². The Hall–Kier alpha value is -2.16. The normalized spacial score (nSPS) is 15.7. The Labute approximate surface area is 162 Å². The zero-order chi connectivity index (χ0) is 18.9. The molecule has 8 heteroatoms. The number of aryl methyl sites for hydroxylation is 1. The third-order valence-electron chi connectivity index (χ3n) is 4.52. The van der Waals surface area contributed by atoms with Crippen molar-refractivity contribution in [3.05, 3.63) is 48.2 Å². The molecule has 27 heavy (non-hydrogen) atoms. The predicted octanol–water partition coefficient (Wildman–Crippen LogP) is 3.54. The van der Waals surface area contributed by atoms with Gasteiger partial charge in [-0.2, -0.15) is 0 Å². The topological polar surface area (TPSA) is 80.3 Å². The smallest absolute Gasteiger partial charge is 0.271 e. The average molecular weight is 404 g/mol. The lowest BCUT2D eigenvalue weighted by Gasteiger charge is -2.23. The van der Waals surface area contributed by atoms with E-state index in [9.17, 15) is 8.42 Å². The largest absolute Gasteiger partial charge is 0.474 e. The van der Waals surface area contributed by atoms with E-state index in [1.54, 1.807) is 24.4 Å². The molecule has 3 heterocycles. The fourth-order valence-electron chi connectivity index (χ4n) is 3.04. The summed E-state index contributed by atoms with van der Waals surface area (Å²) in [5.41, 5.74) is 1.62. The van der Waals surface area contributed by atoms with E-state index in [0.29, 0.717) is 11.6 Å². The van der Waals surface area contributed by atoms with Crippen LogP contribution in [0.25, 0.3) is 10.1 Å². The van der Waals surface area contributed by atoms with E-state index in [1.165, 1.54) is 11.3 Å². The number of anilines is 1. The molecule has 2 aromatic heterocycles. The Bertz CT molecular complexity index is 1040. The lowest BCUT2D eigenvalue weighted by atomic mass is 10.1. The summed E-state index contributed by atoms with van der Waals surface area (Å²) in [4.78, 5) is 4.34. The summed E-state index contributed by atoms with van der Waals surface area (Å²) in [6.07, 6.45) is 3.61. The minimum Gasteiger partial charge on any atom is -0.474 e. The van der Waals surface area contributed by atoms with Crippen molar-refractivity contribution < 1.29 is 13.2 Å². The van der Waals surface area contributed by atoms with E-state index in [0.717, 1.165) is 41.6 Å². The zero-order valence-corrected chi connectivity index (χ0v) is 16.6. The van der Waals surface area contributed by atoms with Crippen LogP contribution in [-0.2, 0) is 10.0 Å². The maximum atomic E-state index is 12.8. The number of nitrogens with one attached hydrogen (secondary N) is 2. The molecule has 1 aliphatic heterocycles. The number of benzene rings is 1. The van der Waals surface area contributed by atoms with Gasteiger partial charge in [0.15, 0.2) is 0 Å². The van der Waals surface area contributed by atoms with Gasteiger partial charge in [-0.25, -0.2) is 13.4 Å². The molecular formula is C19H21N3O3S2. The highest BCUT2D eigenvalue weighted by Gasteiger charge is 2.21. The Kier molecular flexibility index (Phi) is 5.03. The molecule has 4 rings (SSSR count). The van der Waals surface area contributed by atoms with Gasteiger partial charge in [0.2, 0.25) is 5.88 Å². The highest BCUT2D eigenvalue weighted by atomic mass is 32.2. The molecule has 1 aliphatic rings. The molecule has 0 unspecified atom stereocenters. The maximum Gasteiger partial charge on any atom is 0.271 e. The molecule has 3 aromatic rings. The van der Waals surface area contributed by atoms with Gasteiger partial charge >= 0.3 is 0 Å². The minimum absolute atomic E-state index is 0.106. The Morgan fingerprint density at radius 3 is 2.67 bits per heavy atom. The number of aromatic nitrogens is 1. The number of piperidine rings is 1. The lowest BCUT2D eigenvalue weighted by molar-refractivity contribution is 0.158. The fourth-order valence-corrected chi connectivity index (χ4v) is 5.47. The predicted molar refractivity (Wildman–Crippen MR) is 108 cm³/mol. The van der Waals surface area contributed by atoms with Gasteiger partial charge in [0.25, 0.3) is 10.0 Å². The fraction of sp³-hybridized carbons (Fsp3) is 0.316. The summed E-state index contributed by atoms with van der Waals surface area (Å²) in [5.74, 6) is 0.507. The molecule has 0 amide bonds. The third kappa shape index (κ3) is 4.07. The second kappa shape index (κ2) is 7.46. The van der Waals surface area contributed by atoms with Crippen LogP contribution in [0.2, 0.25) is 0 Å². The van der Waals surface area contributed by atoms with Gasteiger partial charge < -0.3 is 10.1 Å². The van der Waals surface area contributed by atoms with Crippen molar-refractivity contribution >= 4 is 37.1 Å². The molecule has 142 valence electrons. The van der Waals surface area contributed by atoms with Gasteiger partial charge in [0.1, 0.15) is 10.3 Å². The Morgan fingerprint density at radius 1 is 1.19 bits per heavy atom. The first kappa shape index (κ1) is 18.2. The molecule has 2 N–H and O–H groups in total. The van der Waals surface area contributed by atoms with Crippen LogP contribution in [0.5, 0.6) is 5.88 Å². The quantitative estimate of drug-likeness (QED) is 0.681. The van der Waals surface area contributed by atoms with Gasteiger partial charge in [-0.15, -0.1) is 11.3 Å². The second-order valence-corrected chi connectivity index (χ2v) is 9.63. The number of fused-ring (bicyclic) bond motifs is 1. The van der Waals surface area contributed by atoms with Gasteiger partial charge in [0, 0.05) is 16.6 Å². The first-order valence-electron chi connectivity index (χ1n) is 8.87. The molecule has 0 radical (unpaired) electrons. The molecular weight excluding hydrogens is 382 g/mol. The summed E-state index contributed by atoms with van der Waals surface area (Å²) < 4.78 is 35.4.